The summed E-state index contributed by atoms with van der Waals surface area (Å²) >= 11 is 0. The summed E-state index contributed by atoms with van der Waals surface area (Å²) < 4.78 is 7.52. The number of hydrogen-bond donors (Lipinski definition) is 0. The van der Waals surface area contributed by atoms with Crippen LogP contribution in [-0.4, -0.2) is 21.9 Å². The Kier molecular flexibility index (Phi) is 3.65. The Labute approximate surface area is 140 Å². The summed E-state index contributed by atoms with van der Waals surface area (Å²) in [6.45, 7) is 2.17. The summed E-state index contributed by atoms with van der Waals surface area (Å²) in [6, 6.07) is 16.3. The van der Waals surface area contributed by atoms with Crippen molar-refractivity contribution in [3.8, 4) is 11.4 Å². The number of fused-ring (bicyclic) bond motifs is 3. The normalized spacial score (nSPS) is 11.2. The highest BCUT2D eigenvalue weighted by atomic mass is 16.5. The van der Waals surface area contributed by atoms with Crippen LogP contribution in [-0.2, 0) is 6.42 Å². The summed E-state index contributed by atoms with van der Waals surface area (Å²) in [5.74, 6) is 0.784. The maximum absolute atomic E-state index is 5.48. The maximum Gasteiger partial charge on any atom is 0.145 e. The van der Waals surface area contributed by atoms with Gasteiger partial charge in [0.1, 0.15) is 11.3 Å². The van der Waals surface area contributed by atoms with Crippen molar-refractivity contribution in [3.63, 3.8) is 0 Å². The average molecular weight is 317 g/mol. The third-order valence-corrected chi connectivity index (χ3v) is 4.28. The van der Waals surface area contributed by atoms with Gasteiger partial charge in [0, 0.05) is 17.0 Å². The van der Waals surface area contributed by atoms with E-state index in [0.717, 1.165) is 51.8 Å². The second kappa shape index (κ2) is 5.96. The molecule has 2 aromatic heterocycles. The first-order chi connectivity index (χ1) is 11.8. The smallest absolute Gasteiger partial charge is 0.145 e. The Morgan fingerprint density at radius 2 is 1.83 bits per heavy atom. The van der Waals surface area contributed by atoms with Crippen molar-refractivity contribution in [2.45, 2.75) is 19.8 Å². The molecular weight excluding hydrogens is 298 g/mol. The van der Waals surface area contributed by atoms with Crippen molar-refractivity contribution in [1.82, 2.24) is 14.8 Å². The maximum atomic E-state index is 5.48. The minimum absolute atomic E-state index is 0.784. The third-order valence-electron chi connectivity index (χ3n) is 4.28. The highest BCUT2D eigenvalue weighted by molar-refractivity contribution is 6.06. The second-order valence-electron chi connectivity index (χ2n) is 5.82. The van der Waals surface area contributed by atoms with Crippen LogP contribution in [0.15, 0.2) is 54.7 Å². The molecule has 4 heteroatoms. The number of aryl methyl sites for hydroxylation is 1. The number of hydrogen-bond acceptors (Lipinski definition) is 3. The topological polar surface area (TPSA) is 39.9 Å². The molecular formula is C20H19N3O. The molecule has 0 N–H and O–H groups in total. The lowest BCUT2D eigenvalue weighted by molar-refractivity contribution is 0.419. The Morgan fingerprint density at radius 3 is 2.58 bits per heavy atom. The van der Waals surface area contributed by atoms with Gasteiger partial charge in [-0.1, -0.05) is 43.7 Å². The Bertz CT molecular complexity index is 1010. The molecule has 0 spiro atoms. The molecule has 4 aromatic rings. The van der Waals surface area contributed by atoms with E-state index in [-0.39, 0.29) is 0 Å². The largest absolute Gasteiger partial charge is 0.494 e. The Balaban J connectivity index is 2.12. The van der Waals surface area contributed by atoms with E-state index in [4.69, 9.17) is 9.84 Å². The van der Waals surface area contributed by atoms with Crippen LogP contribution in [0.3, 0.4) is 0 Å². The summed E-state index contributed by atoms with van der Waals surface area (Å²) in [5.41, 5.74) is 4.11. The third kappa shape index (κ3) is 2.22. The first-order valence-corrected chi connectivity index (χ1v) is 8.22. The summed E-state index contributed by atoms with van der Waals surface area (Å²) in [5, 5.41) is 7.06. The molecule has 0 unspecified atom stereocenters. The molecule has 0 bridgehead atoms. The zero-order valence-electron chi connectivity index (χ0n) is 13.9. The summed E-state index contributed by atoms with van der Waals surface area (Å²) in [7, 11) is 1.68. The van der Waals surface area contributed by atoms with Crippen LogP contribution >= 0.6 is 0 Å². The Hall–Kier alpha value is -2.88. The van der Waals surface area contributed by atoms with Crippen molar-refractivity contribution in [2.24, 2.45) is 0 Å². The van der Waals surface area contributed by atoms with Crippen LogP contribution in [0.1, 0.15) is 19.0 Å². The van der Waals surface area contributed by atoms with Crippen LogP contribution < -0.4 is 4.74 Å². The molecule has 0 radical (unpaired) electrons. The zero-order valence-corrected chi connectivity index (χ0v) is 13.9. The minimum atomic E-state index is 0.784. The number of benzene rings is 2. The van der Waals surface area contributed by atoms with E-state index in [1.807, 2.05) is 41.2 Å². The van der Waals surface area contributed by atoms with Crippen molar-refractivity contribution in [2.75, 3.05) is 7.11 Å². The van der Waals surface area contributed by atoms with Crippen molar-refractivity contribution < 1.29 is 4.74 Å². The number of methoxy groups -OCH3 is 1. The standard InChI is InChI=1S/C20H19N3O/c1-3-8-17-16-13-21-19-15(11-7-12-18(19)24-2)20(16)23(22-17)14-9-5-4-6-10-14/h4-7,9-13H,3,8H2,1-2H3. The fourth-order valence-corrected chi connectivity index (χ4v) is 3.19. The molecule has 0 aliphatic carbocycles. The predicted molar refractivity (Wildman–Crippen MR) is 96.9 cm³/mol. The molecule has 0 fully saturated rings. The van der Waals surface area contributed by atoms with Gasteiger partial charge in [-0.15, -0.1) is 0 Å². The van der Waals surface area contributed by atoms with Gasteiger partial charge in [-0.3, -0.25) is 4.98 Å². The van der Waals surface area contributed by atoms with E-state index < -0.39 is 0 Å². The van der Waals surface area contributed by atoms with Crippen LogP contribution in [0.5, 0.6) is 5.75 Å². The fraction of sp³-hybridized carbons (Fsp3) is 0.200. The molecule has 24 heavy (non-hydrogen) atoms. The summed E-state index contributed by atoms with van der Waals surface area (Å²) in [6.07, 6.45) is 3.92. The molecule has 4 rings (SSSR count). The fourth-order valence-electron chi connectivity index (χ4n) is 3.19. The average Bonchev–Trinajstić information content (AvgIpc) is 3.01. The van der Waals surface area contributed by atoms with Gasteiger partial charge in [-0.05, 0) is 24.6 Å². The van der Waals surface area contributed by atoms with Gasteiger partial charge >= 0.3 is 0 Å². The molecule has 0 aliphatic heterocycles. The van der Waals surface area contributed by atoms with Gasteiger partial charge in [-0.25, -0.2) is 4.68 Å². The minimum Gasteiger partial charge on any atom is -0.494 e. The molecule has 0 atom stereocenters. The lowest BCUT2D eigenvalue weighted by atomic mass is 10.1. The highest BCUT2D eigenvalue weighted by Gasteiger charge is 2.16. The zero-order chi connectivity index (χ0) is 16.5. The lowest BCUT2D eigenvalue weighted by Crippen LogP contribution is -1.97. The van der Waals surface area contributed by atoms with Crippen molar-refractivity contribution >= 4 is 21.8 Å². The molecule has 2 heterocycles. The van der Waals surface area contributed by atoms with Crippen LogP contribution in [0, 0.1) is 0 Å². The van der Waals surface area contributed by atoms with E-state index in [1.165, 1.54) is 0 Å². The molecule has 0 amide bonds. The van der Waals surface area contributed by atoms with Crippen LogP contribution in [0.4, 0.5) is 0 Å². The van der Waals surface area contributed by atoms with E-state index in [1.54, 1.807) is 7.11 Å². The number of para-hydroxylation sites is 2. The number of pyridine rings is 1. The van der Waals surface area contributed by atoms with Gasteiger partial charge in [0.05, 0.1) is 24.0 Å². The predicted octanol–water partition coefficient (Wildman–Crippen LogP) is 4.53. The molecule has 0 aliphatic rings. The van der Waals surface area contributed by atoms with E-state index in [2.05, 4.69) is 30.1 Å². The molecule has 4 nitrogen and oxygen atoms in total. The van der Waals surface area contributed by atoms with Gasteiger partial charge < -0.3 is 4.74 Å². The molecule has 0 saturated heterocycles. The molecule has 120 valence electrons. The van der Waals surface area contributed by atoms with Gasteiger partial charge in [0.15, 0.2) is 0 Å². The van der Waals surface area contributed by atoms with Gasteiger partial charge in [-0.2, -0.15) is 5.10 Å². The highest BCUT2D eigenvalue weighted by Crippen LogP contribution is 2.32. The lowest BCUT2D eigenvalue weighted by Gasteiger charge is -2.08. The number of ether oxygens (including phenoxy) is 1. The first-order valence-electron chi connectivity index (χ1n) is 8.22. The molecule has 2 aromatic carbocycles. The number of nitrogens with zero attached hydrogens (tertiary/aromatic N) is 3. The Morgan fingerprint density at radius 1 is 1.00 bits per heavy atom. The van der Waals surface area contributed by atoms with Crippen molar-refractivity contribution in [1.29, 1.82) is 0 Å². The van der Waals surface area contributed by atoms with Crippen molar-refractivity contribution in [3.05, 3.63) is 60.4 Å². The van der Waals surface area contributed by atoms with Crippen LogP contribution in [0.25, 0.3) is 27.5 Å². The number of rotatable bonds is 4. The molecule has 0 saturated carbocycles. The van der Waals surface area contributed by atoms with Gasteiger partial charge in [0.25, 0.3) is 0 Å². The van der Waals surface area contributed by atoms with E-state index >= 15 is 0 Å². The SMILES string of the molecule is CCCc1nn(-c2ccccc2)c2c1cnc1c(OC)cccc12. The van der Waals surface area contributed by atoms with E-state index in [9.17, 15) is 0 Å². The van der Waals surface area contributed by atoms with Crippen LogP contribution in [0.2, 0.25) is 0 Å². The summed E-state index contributed by atoms with van der Waals surface area (Å²) in [4.78, 5) is 4.65. The monoisotopic (exact) mass is 317 g/mol. The first kappa shape index (κ1) is 14.7. The van der Waals surface area contributed by atoms with E-state index in [0.29, 0.717) is 0 Å². The van der Waals surface area contributed by atoms with Gasteiger partial charge in [0.2, 0.25) is 0 Å². The number of aromatic nitrogens is 3. The quantitative estimate of drug-likeness (QED) is 0.555. The second-order valence-corrected chi connectivity index (χ2v) is 5.82.